The standard InChI is InChI=1S/C18H27N5O4/c1-18(2,3)27-16(25)19-11-8-6-7-10(9-11)13-20-12-14(21-13)22(4)17(26)23(5)15(12)24/h10-11H,6-9H2,1-5H3,(H,19,25)(H,20,21)/t10-,11+/m0/s1. The summed E-state index contributed by atoms with van der Waals surface area (Å²) in [5, 5.41) is 2.93. The Morgan fingerprint density at radius 1 is 1.22 bits per heavy atom. The number of H-pyrrole nitrogens is 1. The lowest BCUT2D eigenvalue weighted by atomic mass is 9.85. The van der Waals surface area contributed by atoms with Gasteiger partial charge in [0.25, 0.3) is 5.56 Å². The number of ether oxygens (including phenoxy) is 1. The fraction of sp³-hybridized carbons (Fsp3) is 0.667. The molecule has 0 aromatic carbocycles. The zero-order valence-electron chi connectivity index (χ0n) is 16.5. The van der Waals surface area contributed by atoms with Crippen LogP contribution in [-0.4, -0.2) is 36.8 Å². The van der Waals surface area contributed by atoms with Gasteiger partial charge in [-0.05, 0) is 40.0 Å². The summed E-state index contributed by atoms with van der Waals surface area (Å²) >= 11 is 0. The summed E-state index contributed by atoms with van der Waals surface area (Å²) in [6, 6.07) is -0.0153. The molecule has 1 amide bonds. The van der Waals surface area contributed by atoms with E-state index in [2.05, 4.69) is 15.3 Å². The van der Waals surface area contributed by atoms with Gasteiger partial charge in [0, 0.05) is 26.1 Å². The van der Waals surface area contributed by atoms with Crippen molar-refractivity contribution in [3.8, 4) is 0 Å². The zero-order chi connectivity index (χ0) is 19.9. The summed E-state index contributed by atoms with van der Waals surface area (Å²) < 4.78 is 7.77. The number of nitrogens with zero attached hydrogens (tertiary/aromatic N) is 3. The van der Waals surface area contributed by atoms with Gasteiger partial charge in [0.15, 0.2) is 5.65 Å². The predicted molar refractivity (Wildman–Crippen MR) is 101 cm³/mol. The number of rotatable bonds is 2. The molecule has 1 fully saturated rings. The molecule has 148 valence electrons. The number of aromatic amines is 1. The number of aromatic nitrogens is 4. The van der Waals surface area contributed by atoms with Crippen molar-refractivity contribution in [1.29, 1.82) is 0 Å². The minimum absolute atomic E-state index is 0.0153. The van der Waals surface area contributed by atoms with Crippen LogP contribution in [0.4, 0.5) is 4.79 Å². The van der Waals surface area contributed by atoms with Crippen LogP contribution in [0.2, 0.25) is 0 Å². The van der Waals surface area contributed by atoms with E-state index in [1.165, 1.54) is 11.6 Å². The fourth-order valence-electron chi connectivity index (χ4n) is 3.58. The molecule has 0 radical (unpaired) electrons. The van der Waals surface area contributed by atoms with Crippen molar-refractivity contribution < 1.29 is 9.53 Å². The van der Waals surface area contributed by atoms with Crippen LogP contribution in [0, 0.1) is 0 Å². The summed E-state index contributed by atoms with van der Waals surface area (Å²) in [5.41, 5.74) is -0.635. The predicted octanol–water partition coefficient (Wildman–Crippen LogP) is 1.51. The van der Waals surface area contributed by atoms with E-state index in [-0.39, 0.29) is 17.5 Å². The van der Waals surface area contributed by atoms with E-state index in [0.717, 1.165) is 23.8 Å². The molecule has 0 aliphatic heterocycles. The van der Waals surface area contributed by atoms with Gasteiger partial charge in [0.2, 0.25) is 0 Å². The molecule has 0 spiro atoms. The van der Waals surface area contributed by atoms with Crippen LogP contribution in [0.1, 0.15) is 58.2 Å². The van der Waals surface area contributed by atoms with Gasteiger partial charge < -0.3 is 15.0 Å². The third-order valence-electron chi connectivity index (χ3n) is 4.89. The van der Waals surface area contributed by atoms with Crippen LogP contribution >= 0.6 is 0 Å². The number of alkyl carbamates (subject to hydrolysis) is 1. The maximum atomic E-state index is 12.3. The van der Waals surface area contributed by atoms with E-state index < -0.39 is 17.4 Å². The number of carbonyl (C=O) groups is 1. The van der Waals surface area contributed by atoms with Gasteiger partial charge in [0.05, 0.1) is 0 Å². The number of nitrogens with one attached hydrogen (secondary N) is 2. The average molecular weight is 377 g/mol. The van der Waals surface area contributed by atoms with Crippen molar-refractivity contribution in [2.45, 2.75) is 64.0 Å². The second kappa shape index (κ2) is 6.86. The molecule has 3 rings (SSSR count). The molecule has 1 aliphatic carbocycles. The first kappa shape index (κ1) is 19.2. The van der Waals surface area contributed by atoms with Gasteiger partial charge in [-0.3, -0.25) is 13.9 Å². The third kappa shape index (κ3) is 3.91. The molecule has 2 aromatic heterocycles. The normalized spacial score (nSPS) is 20.6. The highest BCUT2D eigenvalue weighted by atomic mass is 16.6. The second-order valence-corrected chi connectivity index (χ2v) is 8.23. The summed E-state index contributed by atoms with van der Waals surface area (Å²) in [6.07, 6.45) is 2.98. The molecule has 0 unspecified atom stereocenters. The lowest BCUT2D eigenvalue weighted by Gasteiger charge is -2.29. The second-order valence-electron chi connectivity index (χ2n) is 8.23. The maximum Gasteiger partial charge on any atom is 0.407 e. The van der Waals surface area contributed by atoms with Gasteiger partial charge >= 0.3 is 11.8 Å². The topological polar surface area (TPSA) is 111 Å². The van der Waals surface area contributed by atoms with Crippen molar-refractivity contribution in [3.05, 3.63) is 26.7 Å². The van der Waals surface area contributed by atoms with E-state index >= 15 is 0 Å². The van der Waals surface area contributed by atoms with Crippen LogP contribution in [0.5, 0.6) is 0 Å². The molecule has 2 heterocycles. The van der Waals surface area contributed by atoms with Gasteiger partial charge in [0.1, 0.15) is 16.9 Å². The Kier molecular flexibility index (Phi) is 4.88. The largest absolute Gasteiger partial charge is 0.444 e. The SMILES string of the molecule is Cn1c(=O)c2[nH]c([C@H]3CCC[C@@H](NC(=O)OC(C)(C)C)C3)nc2n(C)c1=O. The van der Waals surface area contributed by atoms with Crippen LogP contribution in [0.25, 0.3) is 11.2 Å². The highest BCUT2D eigenvalue weighted by molar-refractivity contribution is 5.70. The maximum absolute atomic E-state index is 12.3. The number of carbonyl (C=O) groups excluding carboxylic acids is 1. The minimum atomic E-state index is -0.540. The van der Waals surface area contributed by atoms with Crippen LogP contribution in [-0.2, 0) is 18.8 Å². The zero-order valence-corrected chi connectivity index (χ0v) is 16.5. The quantitative estimate of drug-likeness (QED) is 0.824. The van der Waals surface area contributed by atoms with Crippen molar-refractivity contribution in [2.75, 3.05) is 0 Å². The summed E-state index contributed by atoms with van der Waals surface area (Å²) in [4.78, 5) is 44.1. The minimum Gasteiger partial charge on any atom is -0.444 e. The number of fused-ring (bicyclic) bond motifs is 1. The van der Waals surface area contributed by atoms with Crippen molar-refractivity contribution in [1.82, 2.24) is 24.4 Å². The summed E-state index contributed by atoms with van der Waals surface area (Å²) in [5.74, 6) is 0.755. The third-order valence-corrected chi connectivity index (χ3v) is 4.89. The Labute approximate surface area is 156 Å². The number of hydrogen-bond acceptors (Lipinski definition) is 5. The molecule has 1 saturated carbocycles. The van der Waals surface area contributed by atoms with Gasteiger partial charge in [-0.1, -0.05) is 6.42 Å². The number of imidazole rings is 1. The van der Waals surface area contributed by atoms with Crippen LogP contribution in [0.15, 0.2) is 9.59 Å². The molecule has 0 bridgehead atoms. The van der Waals surface area contributed by atoms with E-state index in [1.54, 1.807) is 7.05 Å². The molecular weight excluding hydrogens is 350 g/mol. The Balaban J connectivity index is 1.82. The van der Waals surface area contributed by atoms with Crippen LogP contribution < -0.4 is 16.6 Å². The first-order valence-corrected chi connectivity index (χ1v) is 9.22. The van der Waals surface area contributed by atoms with Crippen LogP contribution in [0.3, 0.4) is 0 Å². The van der Waals surface area contributed by atoms with E-state index in [9.17, 15) is 14.4 Å². The first-order chi connectivity index (χ1) is 12.6. The van der Waals surface area contributed by atoms with E-state index in [0.29, 0.717) is 23.4 Å². The first-order valence-electron chi connectivity index (χ1n) is 9.22. The monoisotopic (exact) mass is 377 g/mol. The van der Waals surface area contributed by atoms with Gasteiger partial charge in [-0.2, -0.15) is 0 Å². The van der Waals surface area contributed by atoms with Gasteiger partial charge in [-0.15, -0.1) is 0 Å². The number of amides is 1. The summed E-state index contributed by atoms with van der Waals surface area (Å²) in [6.45, 7) is 5.49. The highest BCUT2D eigenvalue weighted by Crippen LogP contribution is 2.32. The average Bonchev–Trinajstić information content (AvgIpc) is 3.02. The van der Waals surface area contributed by atoms with Crippen molar-refractivity contribution in [2.24, 2.45) is 14.1 Å². The molecule has 2 aromatic rings. The smallest absolute Gasteiger partial charge is 0.407 e. The molecular formula is C18H27N5O4. The Hall–Kier alpha value is -2.58. The molecule has 9 nitrogen and oxygen atoms in total. The molecule has 2 N–H and O–H groups in total. The van der Waals surface area contributed by atoms with E-state index in [1.807, 2.05) is 20.8 Å². The lowest BCUT2D eigenvalue weighted by Crippen LogP contribution is -2.41. The molecule has 2 atom stereocenters. The van der Waals surface area contributed by atoms with Crippen molar-refractivity contribution in [3.63, 3.8) is 0 Å². The Bertz CT molecular complexity index is 979. The number of hydrogen-bond donors (Lipinski definition) is 2. The van der Waals surface area contributed by atoms with Crippen molar-refractivity contribution >= 4 is 17.3 Å². The van der Waals surface area contributed by atoms with E-state index in [4.69, 9.17) is 4.74 Å². The molecule has 27 heavy (non-hydrogen) atoms. The lowest BCUT2D eigenvalue weighted by molar-refractivity contribution is 0.0490. The molecule has 9 heteroatoms. The Morgan fingerprint density at radius 2 is 1.93 bits per heavy atom. The molecule has 0 saturated heterocycles. The summed E-state index contributed by atoms with van der Waals surface area (Å²) in [7, 11) is 3.05. The highest BCUT2D eigenvalue weighted by Gasteiger charge is 2.28. The number of aryl methyl sites for hydroxylation is 1. The fourth-order valence-corrected chi connectivity index (χ4v) is 3.58. The van der Waals surface area contributed by atoms with Gasteiger partial charge in [-0.25, -0.2) is 14.6 Å². The molecule has 1 aliphatic rings. The Morgan fingerprint density at radius 3 is 2.59 bits per heavy atom.